The highest BCUT2D eigenvalue weighted by atomic mass is 35.5. The molecule has 5 nitrogen and oxygen atoms in total. The van der Waals surface area contributed by atoms with Gasteiger partial charge in [-0.3, -0.25) is 4.79 Å². The van der Waals surface area contributed by atoms with Crippen LogP contribution in [0.2, 0.25) is 5.02 Å². The van der Waals surface area contributed by atoms with E-state index in [1.165, 1.54) is 0 Å². The first-order valence-corrected chi connectivity index (χ1v) is 11.8. The predicted octanol–water partition coefficient (Wildman–Crippen LogP) is 6.07. The van der Waals surface area contributed by atoms with E-state index < -0.39 is 0 Å². The molecule has 2 heterocycles. The van der Waals surface area contributed by atoms with Crippen LogP contribution in [0.4, 0.5) is 5.69 Å². The fourth-order valence-corrected chi connectivity index (χ4v) is 4.60. The number of fused-ring (bicyclic) bond motifs is 1. The molecule has 0 aliphatic carbocycles. The van der Waals surface area contributed by atoms with Gasteiger partial charge in [-0.05, 0) is 61.4 Å². The molecule has 0 spiro atoms. The van der Waals surface area contributed by atoms with Gasteiger partial charge < -0.3 is 14.2 Å². The summed E-state index contributed by atoms with van der Waals surface area (Å²) in [6.45, 7) is 2.15. The van der Waals surface area contributed by atoms with Crippen LogP contribution in [0.15, 0.2) is 78.9 Å². The van der Waals surface area contributed by atoms with Crippen LogP contribution >= 0.6 is 11.6 Å². The maximum atomic E-state index is 12.8. The van der Waals surface area contributed by atoms with Gasteiger partial charge in [0.1, 0.15) is 11.6 Å². The van der Waals surface area contributed by atoms with Crippen LogP contribution in [-0.2, 0) is 11.3 Å². The van der Waals surface area contributed by atoms with Crippen LogP contribution in [-0.4, -0.2) is 28.6 Å². The van der Waals surface area contributed by atoms with Crippen molar-refractivity contribution in [2.45, 2.75) is 31.7 Å². The monoisotopic (exact) mass is 459 g/mol. The summed E-state index contributed by atoms with van der Waals surface area (Å²) in [6, 6.07) is 25.6. The Morgan fingerprint density at radius 1 is 0.939 bits per heavy atom. The first-order chi connectivity index (χ1) is 16.2. The SMILES string of the molecule is O=C1CC(c2nc3ccccc3n2CCCCOc2ccc(Cl)cc2)CN1c1ccccc1. The number of para-hydroxylation sites is 3. The van der Waals surface area contributed by atoms with E-state index in [4.69, 9.17) is 21.3 Å². The quantitative estimate of drug-likeness (QED) is 0.300. The highest BCUT2D eigenvalue weighted by Crippen LogP contribution is 2.33. The Kier molecular flexibility index (Phi) is 6.31. The third kappa shape index (κ3) is 4.74. The lowest BCUT2D eigenvalue weighted by Gasteiger charge is -2.17. The van der Waals surface area contributed by atoms with Crippen molar-refractivity contribution in [3.8, 4) is 5.75 Å². The minimum atomic E-state index is 0.0791. The lowest BCUT2D eigenvalue weighted by Crippen LogP contribution is -2.24. The van der Waals surface area contributed by atoms with E-state index in [1.54, 1.807) is 0 Å². The first-order valence-electron chi connectivity index (χ1n) is 11.4. The number of carbonyl (C=O) groups excluding carboxylic acids is 1. The summed E-state index contributed by atoms with van der Waals surface area (Å²) in [5.74, 6) is 2.07. The molecular formula is C27H26ClN3O2. The van der Waals surface area contributed by atoms with Crippen LogP contribution in [0, 0.1) is 0 Å². The highest BCUT2D eigenvalue weighted by Gasteiger charge is 2.34. The second kappa shape index (κ2) is 9.67. The van der Waals surface area contributed by atoms with E-state index in [0.29, 0.717) is 24.6 Å². The molecule has 1 atom stereocenters. The largest absolute Gasteiger partial charge is 0.494 e. The van der Waals surface area contributed by atoms with Gasteiger partial charge in [-0.1, -0.05) is 41.9 Å². The van der Waals surface area contributed by atoms with Crippen LogP contribution < -0.4 is 9.64 Å². The number of nitrogens with zero attached hydrogens (tertiary/aromatic N) is 3. The molecule has 168 valence electrons. The summed E-state index contributed by atoms with van der Waals surface area (Å²) in [5.41, 5.74) is 3.05. The third-order valence-corrected chi connectivity index (χ3v) is 6.35. The molecule has 1 aliphatic heterocycles. The molecule has 1 aliphatic rings. The van der Waals surface area contributed by atoms with E-state index in [0.717, 1.165) is 47.7 Å². The van der Waals surface area contributed by atoms with Gasteiger partial charge >= 0.3 is 0 Å². The zero-order valence-corrected chi connectivity index (χ0v) is 19.1. The number of imidazole rings is 1. The Hall–Kier alpha value is -3.31. The average Bonchev–Trinajstić information content (AvgIpc) is 3.41. The smallest absolute Gasteiger partial charge is 0.227 e. The molecule has 0 saturated carbocycles. The van der Waals surface area contributed by atoms with Gasteiger partial charge in [0.25, 0.3) is 0 Å². The standard InChI is InChI=1S/C27H26ClN3O2/c28-21-12-14-23(15-13-21)33-17-7-6-16-30-25-11-5-4-10-24(25)29-27(30)20-18-26(32)31(19-20)22-8-2-1-3-9-22/h1-5,8-15,20H,6-7,16-19H2. The van der Waals surface area contributed by atoms with Crippen LogP contribution in [0.25, 0.3) is 11.0 Å². The Morgan fingerprint density at radius 2 is 1.70 bits per heavy atom. The number of ether oxygens (including phenoxy) is 1. The Morgan fingerprint density at radius 3 is 2.52 bits per heavy atom. The Bertz CT molecular complexity index is 1240. The number of aromatic nitrogens is 2. The molecule has 4 aromatic rings. The molecule has 3 aromatic carbocycles. The van der Waals surface area contributed by atoms with E-state index in [-0.39, 0.29) is 11.8 Å². The molecule has 1 saturated heterocycles. The summed E-state index contributed by atoms with van der Waals surface area (Å²) in [6.07, 6.45) is 2.37. The molecule has 5 rings (SSSR count). The maximum absolute atomic E-state index is 12.8. The van der Waals surface area contributed by atoms with Gasteiger partial charge in [0.2, 0.25) is 5.91 Å². The second-order valence-corrected chi connectivity index (χ2v) is 8.80. The number of rotatable bonds is 8. The number of carbonyl (C=O) groups is 1. The number of aryl methyl sites for hydroxylation is 1. The normalized spacial score (nSPS) is 16.0. The zero-order chi connectivity index (χ0) is 22.6. The summed E-state index contributed by atoms with van der Waals surface area (Å²) in [5, 5.41) is 0.707. The number of unbranched alkanes of at least 4 members (excludes halogenated alkanes) is 1. The molecule has 33 heavy (non-hydrogen) atoms. The molecule has 0 radical (unpaired) electrons. The predicted molar refractivity (Wildman–Crippen MR) is 132 cm³/mol. The first kappa shape index (κ1) is 21.5. The molecular weight excluding hydrogens is 434 g/mol. The Labute approximate surface area is 198 Å². The lowest BCUT2D eigenvalue weighted by molar-refractivity contribution is -0.117. The summed E-state index contributed by atoms with van der Waals surface area (Å²) in [7, 11) is 0. The van der Waals surface area contributed by atoms with Crippen molar-refractivity contribution < 1.29 is 9.53 Å². The van der Waals surface area contributed by atoms with Crippen molar-refractivity contribution in [1.29, 1.82) is 0 Å². The van der Waals surface area contributed by atoms with E-state index >= 15 is 0 Å². The van der Waals surface area contributed by atoms with Gasteiger partial charge in [0, 0.05) is 36.1 Å². The van der Waals surface area contributed by atoms with E-state index in [2.05, 4.69) is 10.6 Å². The number of anilines is 1. The van der Waals surface area contributed by atoms with Gasteiger partial charge in [-0.15, -0.1) is 0 Å². The average molecular weight is 460 g/mol. The maximum Gasteiger partial charge on any atom is 0.227 e. The molecule has 0 bridgehead atoms. The molecule has 0 N–H and O–H groups in total. The number of hydrogen-bond acceptors (Lipinski definition) is 3. The van der Waals surface area contributed by atoms with Crippen molar-refractivity contribution in [3.05, 3.63) is 89.7 Å². The molecule has 1 fully saturated rings. The molecule has 1 unspecified atom stereocenters. The fraction of sp³-hybridized carbons (Fsp3) is 0.259. The van der Waals surface area contributed by atoms with Gasteiger partial charge in [-0.2, -0.15) is 0 Å². The zero-order valence-electron chi connectivity index (χ0n) is 18.4. The lowest BCUT2D eigenvalue weighted by atomic mass is 10.1. The topological polar surface area (TPSA) is 47.4 Å². The third-order valence-electron chi connectivity index (χ3n) is 6.10. The van der Waals surface area contributed by atoms with Crippen LogP contribution in [0.3, 0.4) is 0 Å². The minimum absolute atomic E-state index is 0.0791. The van der Waals surface area contributed by atoms with Crippen LogP contribution in [0.1, 0.15) is 31.0 Å². The number of halogens is 1. The van der Waals surface area contributed by atoms with Crippen molar-refractivity contribution in [2.75, 3.05) is 18.1 Å². The van der Waals surface area contributed by atoms with Gasteiger partial charge in [0.15, 0.2) is 0 Å². The number of benzene rings is 3. The van der Waals surface area contributed by atoms with Crippen molar-refractivity contribution >= 4 is 34.2 Å². The van der Waals surface area contributed by atoms with Crippen molar-refractivity contribution in [1.82, 2.24) is 9.55 Å². The van der Waals surface area contributed by atoms with Gasteiger partial charge in [0.05, 0.1) is 17.6 Å². The number of hydrogen-bond donors (Lipinski definition) is 0. The second-order valence-electron chi connectivity index (χ2n) is 8.36. The number of amides is 1. The Balaban J connectivity index is 1.28. The van der Waals surface area contributed by atoms with Crippen molar-refractivity contribution in [2.24, 2.45) is 0 Å². The highest BCUT2D eigenvalue weighted by molar-refractivity contribution is 6.30. The van der Waals surface area contributed by atoms with Crippen LogP contribution in [0.5, 0.6) is 5.75 Å². The van der Waals surface area contributed by atoms with Gasteiger partial charge in [-0.25, -0.2) is 4.98 Å². The summed E-state index contributed by atoms with van der Waals surface area (Å²) in [4.78, 5) is 19.6. The van der Waals surface area contributed by atoms with Crippen molar-refractivity contribution in [3.63, 3.8) is 0 Å². The fourth-order valence-electron chi connectivity index (χ4n) is 4.47. The molecule has 1 amide bonds. The summed E-state index contributed by atoms with van der Waals surface area (Å²) < 4.78 is 8.14. The van der Waals surface area contributed by atoms with E-state index in [9.17, 15) is 4.79 Å². The molecule has 6 heteroatoms. The minimum Gasteiger partial charge on any atom is -0.494 e. The summed E-state index contributed by atoms with van der Waals surface area (Å²) >= 11 is 5.93. The molecule has 1 aromatic heterocycles. The van der Waals surface area contributed by atoms with E-state index in [1.807, 2.05) is 77.7 Å².